The Hall–Kier alpha value is -0.160. The summed E-state index contributed by atoms with van der Waals surface area (Å²) in [6, 6.07) is 0.449. The van der Waals surface area contributed by atoms with Crippen LogP contribution in [-0.2, 0) is 0 Å². The van der Waals surface area contributed by atoms with Gasteiger partial charge in [-0.25, -0.2) is 0 Å². The monoisotopic (exact) mass is 254 g/mol. The molecular weight excluding hydrogens is 224 g/mol. The molecule has 3 N–H and O–H groups in total. The van der Waals surface area contributed by atoms with Crippen molar-refractivity contribution in [3.05, 3.63) is 0 Å². The Labute approximate surface area is 112 Å². The van der Waals surface area contributed by atoms with Gasteiger partial charge in [0, 0.05) is 25.7 Å². The average molecular weight is 254 g/mol. The molecular formula is C14H30N4. The Balaban J connectivity index is 0.000000149. The minimum atomic E-state index is 0.449. The molecule has 4 heteroatoms. The van der Waals surface area contributed by atoms with Gasteiger partial charge in [-0.05, 0) is 64.8 Å². The van der Waals surface area contributed by atoms with Gasteiger partial charge in [0.15, 0.2) is 0 Å². The van der Waals surface area contributed by atoms with Crippen molar-refractivity contribution in [2.45, 2.75) is 31.7 Å². The van der Waals surface area contributed by atoms with Crippen LogP contribution >= 0.6 is 0 Å². The average Bonchev–Trinajstić information content (AvgIpc) is 2.88. The minimum Gasteiger partial charge on any atom is -0.326 e. The van der Waals surface area contributed by atoms with Gasteiger partial charge >= 0.3 is 0 Å². The number of nitrogens with zero attached hydrogens (tertiary/aromatic N) is 2. The fraction of sp³-hybridized carbons (Fsp3) is 1.00. The molecule has 3 aliphatic heterocycles. The number of hydrogen-bond donors (Lipinski definition) is 2. The number of likely N-dealkylation sites (N-methyl/N-ethyl adjacent to an activating group) is 1. The van der Waals surface area contributed by atoms with E-state index in [2.05, 4.69) is 29.2 Å². The van der Waals surface area contributed by atoms with Crippen LogP contribution in [0.4, 0.5) is 0 Å². The van der Waals surface area contributed by atoms with Crippen LogP contribution in [0, 0.1) is 5.41 Å². The van der Waals surface area contributed by atoms with Gasteiger partial charge in [-0.3, -0.25) is 0 Å². The zero-order valence-electron chi connectivity index (χ0n) is 12.1. The Bertz CT molecular complexity index is 237. The lowest BCUT2D eigenvalue weighted by Gasteiger charge is -2.33. The van der Waals surface area contributed by atoms with Crippen LogP contribution in [0.15, 0.2) is 0 Å². The molecule has 0 bridgehead atoms. The zero-order chi connectivity index (χ0) is 13.0. The van der Waals surface area contributed by atoms with Crippen molar-refractivity contribution in [2.75, 3.05) is 53.4 Å². The zero-order valence-corrected chi connectivity index (χ0v) is 12.1. The van der Waals surface area contributed by atoms with Crippen LogP contribution in [-0.4, -0.2) is 69.2 Å². The summed E-state index contributed by atoms with van der Waals surface area (Å²) < 4.78 is 0. The molecule has 3 heterocycles. The van der Waals surface area contributed by atoms with E-state index in [4.69, 9.17) is 5.73 Å². The van der Waals surface area contributed by atoms with E-state index in [0.717, 1.165) is 6.54 Å². The molecule has 0 radical (unpaired) electrons. The van der Waals surface area contributed by atoms with Crippen LogP contribution in [0.1, 0.15) is 25.7 Å². The van der Waals surface area contributed by atoms with E-state index in [-0.39, 0.29) is 0 Å². The predicted molar refractivity (Wildman–Crippen MR) is 76.7 cm³/mol. The van der Waals surface area contributed by atoms with Gasteiger partial charge in [-0.2, -0.15) is 0 Å². The Morgan fingerprint density at radius 2 is 2.00 bits per heavy atom. The first-order valence-electron chi connectivity index (χ1n) is 7.43. The third-order valence-electron chi connectivity index (χ3n) is 4.62. The van der Waals surface area contributed by atoms with Gasteiger partial charge in [-0.1, -0.05) is 0 Å². The fourth-order valence-electron chi connectivity index (χ4n) is 3.51. The predicted octanol–water partition coefficient (Wildman–Crippen LogP) is 0.341. The van der Waals surface area contributed by atoms with E-state index in [1.807, 2.05) is 0 Å². The van der Waals surface area contributed by atoms with Crippen LogP contribution in [0.2, 0.25) is 0 Å². The van der Waals surface area contributed by atoms with Crippen LogP contribution in [0.25, 0.3) is 0 Å². The Kier molecular flexibility index (Phi) is 5.01. The summed E-state index contributed by atoms with van der Waals surface area (Å²) in [4.78, 5) is 4.72. The Morgan fingerprint density at radius 3 is 2.39 bits per heavy atom. The SMILES string of the molecule is CN1CCC(N)C1.CN1CCC2(CCCNC2)C1. The highest BCUT2D eigenvalue weighted by Gasteiger charge is 2.37. The van der Waals surface area contributed by atoms with Crippen molar-refractivity contribution in [3.63, 3.8) is 0 Å². The van der Waals surface area contributed by atoms with Crippen LogP contribution in [0.3, 0.4) is 0 Å². The molecule has 2 atom stereocenters. The molecule has 0 aromatic carbocycles. The van der Waals surface area contributed by atoms with E-state index in [1.54, 1.807) is 0 Å². The lowest BCUT2D eigenvalue weighted by molar-refractivity contribution is 0.213. The maximum absolute atomic E-state index is 5.58. The third-order valence-corrected chi connectivity index (χ3v) is 4.62. The molecule has 3 saturated heterocycles. The largest absolute Gasteiger partial charge is 0.326 e. The smallest absolute Gasteiger partial charge is 0.0179 e. The summed E-state index contributed by atoms with van der Waals surface area (Å²) in [7, 11) is 4.34. The van der Waals surface area contributed by atoms with Crippen molar-refractivity contribution in [3.8, 4) is 0 Å². The van der Waals surface area contributed by atoms with Gasteiger partial charge < -0.3 is 20.9 Å². The molecule has 0 saturated carbocycles. The first kappa shape index (κ1) is 14.3. The molecule has 0 aliphatic carbocycles. The van der Waals surface area contributed by atoms with E-state index < -0.39 is 0 Å². The number of rotatable bonds is 0. The molecule has 0 aromatic heterocycles. The first-order valence-corrected chi connectivity index (χ1v) is 7.43. The number of piperidine rings is 1. The normalized spacial score (nSPS) is 37.8. The second-order valence-corrected chi connectivity index (χ2v) is 6.58. The van der Waals surface area contributed by atoms with Crippen molar-refractivity contribution in [2.24, 2.45) is 11.1 Å². The fourth-order valence-corrected chi connectivity index (χ4v) is 3.51. The maximum Gasteiger partial charge on any atom is 0.0179 e. The standard InChI is InChI=1S/C9H18N2.C5H12N2/c1-11-6-4-9(8-11)3-2-5-10-7-9;1-7-3-2-5(6)4-7/h10H,2-8H2,1H3;5H,2-4,6H2,1H3. The van der Waals surface area contributed by atoms with Gasteiger partial charge in [0.05, 0.1) is 0 Å². The highest BCUT2D eigenvalue weighted by Crippen LogP contribution is 2.35. The second-order valence-electron chi connectivity index (χ2n) is 6.58. The van der Waals surface area contributed by atoms with Crippen LogP contribution in [0.5, 0.6) is 0 Å². The molecule has 0 aromatic rings. The number of nitrogens with one attached hydrogen (secondary N) is 1. The minimum absolute atomic E-state index is 0.449. The highest BCUT2D eigenvalue weighted by atomic mass is 15.1. The number of hydrogen-bond acceptors (Lipinski definition) is 4. The second kappa shape index (κ2) is 6.33. The van der Waals surface area contributed by atoms with E-state index in [0.29, 0.717) is 11.5 Å². The molecule has 18 heavy (non-hydrogen) atoms. The highest BCUT2D eigenvalue weighted by molar-refractivity contribution is 4.92. The van der Waals surface area contributed by atoms with Crippen molar-refractivity contribution < 1.29 is 0 Å². The number of nitrogens with two attached hydrogens (primary N) is 1. The van der Waals surface area contributed by atoms with Crippen molar-refractivity contribution in [1.82, 2.24) is 15.1 Å². The molecule has 3 fully saturated rings. The Morgan fingerprint density at radius 1 is 1.17 bits per heavy atom. The molecule has 0 amide bonds. The van der Waals surface area contributed by atoms with E-state index >= 15 is 0 Å². The summed E-state index contributed by atoms with van der Waals surface area (Å²) in [5.74, 6) is 0. The molecule has 106 valence electrons. The van der Waals surface area contributed by atoms with Gasteiger partial charge in [0.25, 0.3) is 0 Å². The third kappa shape index (κ3) is 3.92. The van der Waals surface area contributed by atoms with E-state index in [9.17, 15) is 0 Å². The lowest BCUT2D eigenvalue weighted by Crippen LogP contribution is -2.41. The summed E-state index contributed by atoms with van der Waals surface area (Å²) in [6.07, 6.45) is 5.42. The molecule has 2 unspecified atom stereocenters. The first-order chi connectivity index (χ1) is 8.60. The summed E-state index contributed by atoms with van der Waals surface area (Å²) in [6.45, 7) is 7.39. The van der Waals surface area contributed by atoms with Gasteiger partial charge in [-0.15, -0.1) is 0 Å². The maximum atomic E-state index is 5.58. The molecule has 3 rings (SSSR count). The molecule has 3 aliphatic rings. The van der Waals surface area contributed by atoms with Crippen molar-refractivity contribution in [1.29, 1.82) is 0 Å². The molecule has 4 nitrogen and oxygen atoms in total. The number of likely N-dealkylation sites (tertiary alicyclic amines) is 2. The molecule has 1 spiro atoms. The quantitative estimate of drug-likeness (QED) is 0.654. The van der Waals surface area contributed by atoms with Crippen LogP contribution < -0.4 is 11.1 Å². The van der Waals surface area contributed by atoms with Gasteiger partial charge in [0.2, 0.25) is 0 Å². The van der Waals surface area contributed by atoms with Gasteiger partial charge in [0.1, 0.15) is 0 Å². The van der Waals surface area contributed by atoms with Crippen molar-refractivity contribution >= 4 is 0 Å². The topological polar surface area (TPSA) is 44.5 Å². The van der Waals surface area contributed by atoms with E-state index in [1.165, 1.54) is 58.4 Å². The lowest BCUT2D eigenvalue weighted by atomic mass is 9.80. The summed E-state index contributed by atoms with van der Waals surface area (Å²) in [5, 5.41) is 3.51. The summed E-state index contributed by atoms with van der Waals surface area (Å²) in [5.41, 5.74) is 6.24. The summed E-state index contributed by atoms with van der Waals surface area (Å²) >= 11 is 0.